The van der Waals surface area contributed by atoms with Gasteiger partial charge in [0.15, 0.2) is 0 Å². The monoisotopic (exact) mass is 535 g/mol. The Balaban J connectivity index is 0. The van der Waals surface area contributed by atoms with Crippen molar-refractivity contribution in [2.45, 2.75) is 163 Å². The number of phosphoric acid groups is 1. The molecule has 6 heteroatoms. The molecule has 0 aliphatic heterocycles. The largest absolute Gasteiger partial charge is 0.472 e. The Hall–Kier alpha value is 0.0700. The second-order valence-electron chi connectivity index (χ2n) is 11.3. The third-order valence-electron chi connectivity index (χ3n) is 6.42. The molecule has 0 aromatic rings. The summed E-state index contributed by atoms with van der Waals surface area (Å²) < 4.78 is 21.5. The van der Waals surface area contributed by atoms with Crippen molar-refractivity contribution in [1.29, 1.82) is 0 Å². The molecule has 0 unspecified atom stereocenters. The summed E-state index contributed by atoms with van der Waals surface area (Å²) in [4.78, 5) is 9.52. The molecule has 0 saturated carbocycles. The van der Waals surface area contributed by atoms with Crippen molar-refractivity contribution in [2.75, 3.05) is 19.8 Å². The van der Waals surface area contributed by atoms with Gasteiger partial charge in [-0.15, -0.1) is 0 Å². The Kier molecular flexibility index (Phi) is 31.4. The van der Waals surface area contributed by atoms with Crippen LogP contribution in [0.2, 0.25) is 0 Å². The summed E-state index contributed by atoms with van der Waals surface area (Å²) in [7, 11) is -3.83. The second-order valence-corrected chi connectivity index (χ2v) is 12.8. The van der Waals surface area contributed by atoms with Gasteiger partial charge in [-0.3, -0.25) is 9.05 Å². The van der Waals surface area contributed by atoms with E-state index in [1.54, 1.807) is 0 Å². The van der Waals surface area contributed by atoms with Crippen molar-refractivity contribution in [3.63, 3.8) is 0 Å². The summed E-state index contributed by atoms with van der Waals surface area (Å²) in [6, 6.07) is 0. The first-order valence-electron chi connectivity index (χ1n) is 15.6. The fraction of sp³-hybridized carbons (Fsp3) is 1.00. The highest BCUT2D eigenvalue weighted by Crippen LogP contribution is 2.43. The Morgan fingerprint density at radius 1 is 0.583 bits per heavy atom. The van der Waals surface area contributed by atoms with Gasteiger partial charge in [0, 0.05) is 0 Å². The average Bonchev–Trinajstić information content (AvgIpc) is 2.82. The Morgan fingerprint density at radius 2 is 0.917 bits per heavy atom. The summed E-state index contributed by atoms with van der Waals surface area (Å²) >= 11 is 0. The molecule has 0 aromatic carbocycles. The van der Waals surface area contributed by atoms with Crippen LogP contribution in [0, 0.1) is 11.8 Å². The Bertz CT molecular complexity index is 424. The molecule has 5 nitrogen and oxygen atoms in total. The average molecular weight is 536 g/mol. The van der Waals surface area contributed by atoms with Crippen molar-refractivity contribution >= 4 is 7.82 Å². The number of hydrogen-bond acceptors (Lipinski definition) is 4. The van der Waals surface area contributed by atoms with Crippen molar-refractivity contribution in [2.24, 2.45) is 17.6 Å². The third-order valence-corrected chi connectivity index (χ3v) is 7.44. The minimum absolute atomic E-state index is 0.305. The molecule has 3 N–H and O–H groups in total. The van der Waals surface area contributed by atoms with Gasteiger partial charge in [0.05, 0.1) is 13.2 Å². The summed E-state index contributed by atoms with van der Waals surface area (Å²) in [5.74, 6) is 1.43. The van der Waals surface area contributed by atoms with Gasteiger partial charge in [0.1, 0.15) is 0 Å². The van der Waals surface area contributed by atoms with E-state index in [1.807, 2.05) is 0 Å². The SMILES string of the molecule is CC(C)CCCCCOP(=O)(O)OCCCCCC(C)C.CCCCCCCCCCCCCCN. The van der Waals surface area contributed by atoms with E-state index in [4.69, 9.17) is 14.8 Å². The van der Waals surface area contributed by atoms with E-state index < -0.39 is 7.82 Å². The maximum Gasteiger partial charge on any atom is 0.472 e. The lowest BCUT2D eigenvalue weighted by Crippen LogP contribution is -1.99. The molecule has 0 bridgehead atoms. The standard InChI is InChI=1S/C16H35O4P.C14H31N/c1-15(2)11-7-5-9-13-19-21(17,18)20-14-10-6-8-12-16(3)4;1-2-3-4-5-6-7-8-9-10-11-12-13-14-15/h15-16H,5-14H2,1-4H3,(H,17,18);2-15H2,1H3. The predicted molar refractivity (Wildman–Crippen MR) is 158 cm³/mol. The van der Waals surface area contributed by atoms with Gasteiger partial charge in [-0.2, -0.15) is 0 Å². The Labute approximate surface area is 226 Å². The van der Waals surface area contributed by atoms with Crippen LogP contribution in [-0.4, -0.2) is 24.7 Å². The molecule has 220 valence electrons. The molecule has 0 radical (unpaired) electrons. The van der Waals surface area contributed by atoms with Crippen LogP contribution in [0.4, 0.5) is 0 Å². The van der Waals surface area contributed by atoms with Crippen LogP contribution in [0.25, 0.3) is 0 Å². The molecule has 0 aliphatic rings. The van der Waals surface area contributed by atoms with E-state index in [9.17, 15) is 9.46 Å². The molecule has 0 rings (SSSR count). The lowest BCUT2D eigenvalue weighted by Gasteiger charge is -2.12. The summed E-state index contributed by atoms with van der Waals surface area (Å²) in [5, 5.41) is 0. The van der Waals surface area contributed by atoms with Gasteiger partial charge >= 0.3 is 7.82 Å². The van der Waals surface area contributed by atoms with E-state index in [0.717, 1.165) is 45.1 Å². The van der Waals surface area contributed by atoms with Gasteiger partial charge in [-0.05, 0) is 37.6 Å². The molecule has 0 fully saturated rings. The first-order valence-corrected chi connectivity index (χ1v) is 17.1. The lowest BCUT2D eigenvalue weighted by molar-refractivity contribution is 0.145. The van der Waals surface area contributed by atoms with Crippen molar-refractivity contribution < 1.29 is 18.5 Å². The number of phosphoric ester groups is 1. The van der Waals surface area contributed by atoms with Gasteiger partial charge in [0.2, 0.25) is 0 Å². The van der Waals surface area contributed by atoms with Gasteiger partial charge < -0.3 is 10.6 Å². The third kappa shape index (κ3) is 36.2. The van der Waals surface area contributed by atoms with Crippen LogP contribution < -0.4 is 5.73 Å². The molecule has 0 amide bonds. The zero-order valence-corrected chi connectivity index (χ0v) is 26.0. The van der Waals surface area contributed by atoms with E-state index >= 15 is 0 Å². The molecular weight excluding hydrogens is 469 g/mol. The molecule has 0 spiro atoms. The summed E-state index contributed by atoms with van der Waals surface area (Å²) in [6.45, 7) is 12.6. The zero-order valence-electron chi connectivity index (χ0n) is 25.1. The highest BCUT2D eigenvalue weighted by atomic mass is 31.2. The summed E-state index contributed by atoms with van der Waals surface area (Å²) in [6.07, 6.45) is 25.3. The Morgan fingerprint density at radius 3 is 1.25 bits per heavy atom. The van der Waals surface area contributed by atoms with E-state index in [1.165, 1.54) is 89.9 Å². The van der Waals surface area contributed by atoms with E-state index in [0.29, 0.717) is 25.0 Å². The normalized spacial score (nSPS) is 11.8. The molecule has 0 aliphatic carbocycles. The second kappa shape index (κ2) is 29.6. The van der Waals surface area contributed by atoms with Crippen LogP contribution in [-0.2, 0) is 13.6 Å². The lowest BCUT2D eigenvalue weighted by atomic mass is 10.1. The van der Waals surface area contributed by atoms with Crippen LogP contribution in [0.1, 0.15) is 163 Å². The van der Waals surface area contributed by atoms with Gasteiger partial charge in [-0.1, -0.05) is 144 Å². The van der Waals surface area contributed by atoms with Crippen molar-refractivity contribution in [3.8, 4) is 0 Å². The minimum atomic E-state index is -3.83. The highest BCUT2D eigenvalue weighted by Gasteiger charge is 2.19. The molecular formula is C30H66NO4P. The molecule has 0 aromatic heterocycles. The topological polar surface area (TPSA) is 81.8 Å². The van der Waals surface area contributed by atoms with Crippen molar-refractivity contribution in [1.82, 2.24) is 0 Å². The summed E-state index contributed by atoms with van der Waals surface area (Å²) in [5.41, 5.74) is 5.45. The molecule has 0 atom stereocenters. The quantitative estimate of drug-likeness (QED) is 0.0850. The van der Waals surface area contributed by atoms with Crippen molar-refractivity contribution in [3.05, 3.63) is 0 Å². The van der Waals surface area contributed by atoms with Gasteiger partial charge in [0.25, 0.3) is 0 Å². The fourth-order valence-corrected chi connectivity index (χ4v) is 4.84. The van der Waals surface area contributed by atoms with Gasteiger partial charge in [-0.25, -0.2) is 4.57 Å². The number of nitrogens with two attached hydrogens (primary N) is 1. The number of rotatable bonds is 26. The number of hydrogen-bond donors (Lipinski definition) is 2. The zero-order chi connectivity index (χ0) is 27.3. The highest BCUT2D eigenvalue weighted by molar-refractivity contribution is 7.47. The number of unbranched alkanes of at least 4 members (excludes halogenated alkanes) is 15. The van der Waals surface area contributed by atoms with Crippen LogP contribution in [0.3, 0.4) is 0 Å². The van der Waals surface area contributed by atoms with E-state index in [-0.39, 0.29) is 0 Å². The van der Waals surface area contributed by atoms with Crippen LogP contribution in [0.15, 0.2) is 0 Å². The van der Waals surface area contributed by atoms with E-state index in [2.05, 4.69) is 34.6 Å². The maximum atomic E-state index is 11.6. The minimum Gasteiger partial charge on any atom is -0.330 e. The van der Waals surface area contributed by atoms with Crippen LogP contribution >= 0.6 is 7.82 Å². The molecule has 36 heavy (non-hydrogen) atoms. The van der Waals surface area contributed by atoms with Crippen LogP contribution in [0.5, 0.6) is 0 Å². The fourth-order valence-electron chi connectivity index (χ4n) is 4.05. The first kappa shape index (κ1) is 38.2. The maximum absolute atomic E-state index is 11.6. The molecule has 0 heterocycles. The molecule has 0 saturated heterocycles. The smallest absolute Gasteiger partial charge is 0.330 e. The predicted octanol–water partition coefficient (Wildman–Crippen LogP) is 10.2. The first-order chi connectivity index (χ1) is 17.2.